The van der Waals surface area contributed by atoms with Crippen LogP contribution >= 0.6 is 0 Å². The van der Waals surface area contributed by atoms with Crippen LogP contribution in [0.25, 0.3) is 0 Å². The van der Waals surface area contributed by atoms with E-state index in [2.05, 4.69) is 6.92 Å². The van der Waals surface area contributed by atoms with Crippen LogP contribution in [0.2, 0.25) is 0 Å². The van der Waals surface area contributed by atoms with Crippen LogP contribution in [0.4, 0.5) is 17.6 Å². The molecule has 3 aliphatic rings. The number of ether oxygens (including phenoxy) is 3. The monoisotopic (exact) mass is 590 g/mol. The highest BCUT2D eigenvalue weighted by Gasteiger charge is 2.45. The molecule has 3 fully saturated rings. The van der Waals surface area contributed by atoms with Gasteiger partial charge >= 0.3 is 6.11 Å². The number of rotatable bonds is 10. The van der Waals surface area contributed by atoms with Crippen molar-refractivity contribution in [1.29, 1.82) is 0 Å². The largest absolute Gasteiger partial charge is 0.432 e. The third-order valence-electron chi connectivity index (χ3n) is 10.0. The molecule has 2 aromatic rings. The Morgan fingerprint density at radius 1 is 0.810 bits per heavy atom. The van der Waals surface area contributed by atoms with Crippen molar-refractivity contribution < 1.29 is 31.8 Å². The van der Waals surface area contributed by atoms with E-state index in [0.717, 1.165) is 62.1 Å². The third-order valence-corrected chi connectivity index (χ3v) is 10.0. The SMILES string of the molecule is CCCCCC1COC(c2ccc(C3CCC(C4CCC(C(F)(F)Oc5ccc(C)c(F)c5)CC4)CC3)c(F)c2)OC1. The Morgan fingerprint density at radius 3 is 2.10 bits per heavy atom. The van der Waals surface area contributed by atoms with E-state index in [4.69, 9.17) is 14.2 Å². The maximum atomic E-state index is 15.3. The van der Waals surface area contributed by atoms with E-state index in [1.165, 1.54) is 31.4 Å². The normalized spacial score (nSPS) is 28.9. The first-order valence-corrected chi connectivity index (χ1v) is 16.1. The second-order valence-corrected chi connectivity index (χ2v) is 12.9. The molecule has 1 saturated heterocycles. The van der Waals surface area contributed by atoms with Gasteiger partial charge in [0.05, 0.1) is 19.1 Å². The van der Waals surface area contributed by atoms with E-state index in [0.29, 0.717) is 49.4 Å². The Morgan fingerprint density at radius 2 is 1.48 bits per heavy atom. The summed E-state index contributed by atoms with van der Waals surface area (Å²) in [5.41, 5.74) is 1.90. The molecule has 0 N–H and O–H groups in total. The predicted octanol–water partition coefficient (Wildman–Crippen LogP) is 10.3. The topological polar surface area (TPSA) is 27.7 Å². The molecule has 5 rings (SSSR count). The number of aryl methyl sites for hydroxylation is 1. The Kier molecular flexibility index (Phi) is 10.5. The molecule has 0 spiro atoms. The molecule has 0 bridgehead atoms. The Bertz CT molecular complexity index is 1150. The fourth-order valence-corrected chi connectivity index (χ4v) is 7.31. The highest BCUT2D eigenvalue weighted by Crippen LogP contribution is 2.47. The maximum Gasteiger partial charge on any atom is 0.400 e. The van der Waals surface area contributed by atoms with Gasteiger partial charge in [0.15, 0.2) is 6.29 Å². The van der Waals surface area contributed by atoms with Gasteiger partial charge in [-0.15, -0.1) is 0 Å². The predicted molar refractivity (Wildman–Crippen MR) is 156 cm³/mol. The van der Waals surface area contributed by atoms with Crippen LogP contribution in [-0.2, 0) is 9.47 Å². The first-order chi connectivity index (χ1) is 20.2. The standard InChI is InChI=1S/C35H46F4O3/c1-3-4-5-6-24-21-40-34(41-22-24)28-14-18-31(33(37)19-28)27-10-8-25(9-11-27)26-12-15-29(16-13-26)35(38,39)42-30-17-7-23(2)32(36)20-30/h7,14,17-20,24-27,29,34H,3-6,8-13,15-16,21-22H2,1-2H3. The number of hydrogen-bond acceptors (Lipinski definition) is 3. The molecule has 7 heteroatoms. The van der Waals surface area contributed by atoms with E-state index >= 15 is 4.39 Å². The maximum absolute atomic E-state index is 15.3. The van der Waals surface area contributed by atoms with E-state index in [1.807, 2.05) is 12.1 Å². The average Bonchev–Trinajstić information content (AvgIpc) is 2.99. The molecule has 2 aromatic carbocycles. The molecular weight excluding hydrogens is 544 g/mol. The van der Waals surface area contributed by atoms with Gasteiger partial charge in [-0.3, -0.25) is 0 Å². The van der Waals surface area contributed by atoms with Gasteiger partial charge < -0.3 is 14.2 Å². The van der Waals surface area contributed by atoms with E-state index in [-0.39, 0.29) is 17.5 Å². The van der Waals surface area contributed by atoms with Crippen LogP contribution in [0.1, 0.15) is 113 Å². The smallest absolute Gasteiger partial charge is 0.400 e. The molecule has 42 heavy (non-hydrogen) atoms. The first kappa shape index (κ1) is 31.3. The molecule has 0 amide bonds. The van der Waals surface area contributed by atoms with Gasteiger partial charge in [0.1, 0.15) is 17.4 Å². The molecule has 2 aliphatic carbocycles. The minimum absolute atomic E-state index is 0.131. The fourth-order valence-electron chi connectivity index (χ4n) is 7.31. The second kappa shape index (κ2) is 14.1. The fraction of sp³-hybridized carbons (Fsp3) is 0.657. The number of benzene rings is 2. The minimum atomic E-state index is -3.32. The molecule has 0 unspecified atom stereocenters. The van der Waals surface area contributed by atoms with Gasteiger partial charge in [-0.05, 0) is 106 Å². The van der Waals surface area contributed by atoms with Gasteiger partial charge in [0, 0.05) is 17.5 Å². The van der Waals surface area contributed by atoms with Crippen molar-refractivity contribution in [1.82, 2.24) is 0 Å². The second-order valence-electron chi connectivity index (χ2n) is 12.9. The molecule has 1 aliphatic heterocycles. The van der Waals surface area contributed by atoms with Gasteiger partial charge in [0.25, 0.3) is 0 Å². The third kappa shape index (κ3) is 7.68. The summed E-state index contributed by atoms with van der Waals surface area (Å²) in [5.74, 6) is -0.249. The van der Waals surface area contributed by atoms with E-state index in [1.54, 1.807) is 13.0 Å². The summed E-state index contributed by atoms with van der Waals surface area (Å²) in [5, 5.41) is 0. The van der Waals surface area contributed by atoms with Crippen molar-refractivity contribution in [2.75, 3.05) is 13.2 Å². The Balaban J connectivity index is 1.07. The summed E-state index contributed by atoms with van der Waals surface area (Å²) in [7, 11) is 0. The lowest BCUT2D eigenvalue weighted by Gasteiger charge is -2.39. The Labute approximate surface area is 248 Å². The first-order valence-electron chi connectivity index (χ1n) is 16.1. The van der Waals surface area contributed by atoms with Crippen LogP contribution in [0.5, 0.6) is 5.75 Å². The highest BCUT2D eigenvalue weighted by molar-refractivity contribution is 5.29. The molecule has 0 radical (unpaired) electrons. The average molecular weight is 591 g/mol. The van der Waals surface area contributed by atoms with E-state index < -0.39 is 24.1 Å². The molecule has 0 atom stereocenters. The van der Waals surface area contributed by atoms with Crippen LogP contribution in [-0.4, -0.2) is 19.3 Å². The minimum Gasteiger partial charge on any atom is -0.432 e. The zero-order chi connectivity index (χ0) is 29.7. The van der Waals surface area contributed by atoms with E-state index in [9.17, 15) is 13.2 Å². The lowest BCUT2D eigenvalue weighted by molar-refractivity contribution is -0.224. The zero-order valence-corrected chi connectivity index (χ0v) is 25.1. The molecule has 1 heterocycles. The van der Waals surface area contributed by atoms with Crippen molar-refractivity contribution in [3.8, 4) is 5.75 Å². The van der Waals surface area contributed by atoms with Crippen LogP contribution in [0.15, 0.2) is 36.4 Å². The lowest BCUT2D eigenvalue weighted by atomic mass is 9.68. The highest BCUT2D eigenvalue weighted by atomic mass is 19.3. The molecule has 2 saturated carbocycles. The quantitative estimate of drug-likeness (QED) is 0.204. The summed E-state index contributed by atoms with van der Waals surface area (Å²) < 4.78 is 75.7. The molecule has 0 aromatic heterocycles. The van der Waals surface area contributed by atoms with Crippen molar-refractivity contribution in [2.45, 2.75) is 109 Å². The summed E-state index contributed by atoms with van der Waals surface area (Å²) in [6.07, 6.45) is 6.97. The number of hydrogen-bond donors (Lipinski definition) is 0. The number of halogens is 4. The summed E-state index contributed by atoms with van der Waals surface area (Å²) in [6, 6.07) is 9.32. The molecular formula is C35H46F4O3. The van der Waals surface area contributed by atoms with Crippen LogP contribution in [0.3, 0.4) is 0 Å². The van der Waals surface area contributed by atoms with Crippen molar-refractivity contribution in [3.05, 3.63) is 64.7 Å². The van der Waals surface area contributed by atoms with Gasteiger partial charge in [-0.1, -0.05) is 44.4 Å². The van der Waals surface area contributed by atoms with Crippen molar-refractivity contribution >= 4 is 0 Å². The number of unbranched alkanes of at least 4 members (excludes halogenated alkanes) is 2. The summed E-state index contributed by atoms with van der Waals surface area (Å²) >= 11 is 0. The number of alkyl halides is 2. The Hall–Kier alpha value is -2.12. The summed E-state index contributed by atoms with van der Waals surface area (Å²) in [6.45, 7) is 5.09. The van der Waals surface area contributed by atoms with Crippen LogP contribution in [0, 0.1) is 42.2 Å². The zero-order valence-electron chi connectivity index (χ0n) is 25.1. The summed E-state index contributed by atoms with van der Waals surface area (Å²) in [4.78, 5) is 0. The van der Waals surface area contributed by atoms with Crippen LogP contribution < -0.4 is 4.74 Å². The molecule has 232 valence electrons. The van der Waals surface area contributed by atoms with Gasteiger partial charge in [0.2, 0.25) is 0 Å². The van der Waals surface area contributed by atoms with Crippen molar-refractivity contribution in [2.24, 2.45) is 23.7 Å². The molecule has 3 nitrogen and oxygen atoms in total. The van der Waals surface area contributed by atoms with Gasteiger partial charge in [-0.25, -0.2) is 8.78 Å². The van der Waals surface area contributed by atoms with Gasteiger partial charge in [-0.2, -0.15) is 8.78 Å². The lowest BCUT2D eigenvalue weighted by Crippen LogP contribution is -2.38. The van der Waals surface area contributed by atoms with Crippen molar-refractivity contribution in [3.63, 3.8) is 0 Å².